The van der Waals surface area contributed by atoms with Crippen LogP contribution in [-0.2, 0) is 20.0 Å². The smallest absolute Gasteiger partial charge is 0.120 e. The van der Waals surface area contributed by atoms with Gasteiger partial charge >= 0.3 is 0 Å². The van der Waals surface area contributed by atoms with Crippen LogP contribution >= 0.6 is 0 Å². The lowest BCUT2D eigenvalue weighted by molar-refractivity contribution is 0.243. The number of benzene rings is 1. The summed E-state index contributed by atoms with van der Waals surface area (Å²) in [4.78, 5) is 0. The Bertz CT molecular complexity index is 584. The molecule has 0 aliphatic carbocycles. The van der Waals surface area contributed by atoms with E-state index in [2.05, 4.69) is 49.0 Å². The monoisotopic (exact) mass is 244 g/mol. The standard InChI is InChI=1S/C15H20N2O/c1-10(2)18-11-4-5-14-12(8-11)13-9-16-7-6-15(13)17(14)3/h4-5,8,10,16H,6-7,9H2,1-3H3. The Kier molecular flexibility index (Phi) is 2.78. The van der Waals surface area contributed by atoms with Gasteiger partial charge in [0.1, 0.15) is 5.75 Å². The van der Waals surface area contributed by atoms with Crippen LogP contribution in [-0.4, -0.2) is 17.2 Å². The third-order valence-electron chi connectivity index (χ3n) is 3.62. The van der Waals surface area contributed by atoms with E-state index < -0.39 is 0 Å². The molecule has 1 N–H and O–H groups in total. The molecule has 0 bridgehead atoms. The number of hydrogen-bond donors (Lipinski definition) is 1. The average Bonchev–Trinajstić information content (AvgIpc) is 2.63. The second-order valence-electron chi connectivity index (χ2n) is 5.26. The first-order valence-corrected chi connectivity index (χ1v) is 6.64. The van der Waals surface area contributed by atoms with Crippen molar-refractivity contribution in [3.63, 3.8) is 0 Å². The summed E-state index contributed by atoms with van der Waals surface area (Å²) in [7, 11) is 2.16. The number of aromatic nitrogens is 1. The van der Waals surface area contributed by atoms with Gasteiger partial charge in [-0.15, -0.1) is 0 Å². The summed E-state index contributed by atoms with van der Waals surface area (Å²) < 4.78 is 8.12. The van der Waals surface area contributed by atoms with Crippen LogP contribution in [0, 0.1) is 0 Å². The molecule has 18 heavy (non-hydrogen) atoms. The number of hydrogen-bond acceptors (Lipinski definition) is 2. The van der Waals surface area contributed by atoms with Crippen LogP contribution in [0.1, 0.15) is 25.1 Å². The van der Waals surface area contributed by atoms with Crippen molar-refractivity contribution in [2.24, 2.45) is 7.05 Å². The highest BCUT2D eigenvalue weighted by molar-refractivity contribution is 5.87. The first kappa shape index (κ1) is 11.6. The number of nitrogens with one attached hydrogen (secondary N) is 1. The minimum Gasteiger partial charge on any atom is -0.491 e. The van der Waals surface area contributed by atoms with Gasteiger partial charge in [-0.05, 0) is 37.6 Å². The molecule has 1 aliphatic rings. The molecular weight excluding hydrogens is 224 g/mol. The highest BCUT2D eigenvalue weighted by atomic mass is 16.5. The molecule has 0 radical (unpaired) electrons. The van der Waals surface area contributed by atoms with Crippen LogP contribution in [0.3, 0.4) is 0 Å². The molecule has 0 atom stereocenters. The summed E-state index contributed by atoms with van der Waals surface area (Å²) in [6, 6.07) is 6.42. The summed E-state index contributed by atoms with van der Waals surface area (Å²) in [6.07, 6.45) is 1.33. The highest BCUT2D eigenvalue weighted by Crippen LogP contribution is 2.30. The molecule has 2 heterocycles. The third kappa shape index (κ3) is 1.79. The second kappa shape index (κ2) is 4.32. The SMILES string of the molecule is CC(C)Oc1ccc2c(c1)c1c(n2C)CCNC1. The van der Waals surface area contributed by atoms with E-state index in [1.807, 2.05) is 0 Å². The number of ether oxygens (including phenoxy) is 1. The number of aryl methyl sites for hydroxylation is 1. The second-order valence-corrected chi connectivity index (χ2v) is 5.26. The molecular formula is C15H20N2O. The Hall–Kier alpha value is -1.48. The lowest BCUT2D eigenvalue weighted by atomic mass is 10.1. The zero-order valence-electron chi connectivity index (χ0n) is 11.3. The molecule has 3 heteroatoms. The number of nitrogens with zero attached hydrogens (tertiary/aromatic N) is 1. The van der Waals surface area contributed by atoms with E-state index in [1.165, 1.54) is 22.2 Å². The third-order valence-corrected chi connectivity index (χ3v) is 3.62. The van der Waals surface area contributed by atoms with Crippen LogP contribution in [0.2, 0.25) is 0 Å². The fraction of sp³-hybridized carbons (Fsp3) is 0.467. The van der Waals surface area contributed by atoms with E-state index in [-0.39, 0.29) is 6.10 Å². The van der Waals surface area contributed by atoms with Crippen molar-refractivity contribution in [3.05, 3.63) is 29.5 Å². The molecule has 0 amide bonds. The maximum atomic E-state index is 5.79. The normalized spacial score (nSPS) is 15.1. The van der Waals surface area contributed by atoms with Crippen molar-refractivity contribution in [1.82, 2.24) is 9.88 Å². The quantitative estimate of drug-likeness (QED) is 0.879. The van der Waals surface area contributed by atoms with E-state index >= 15 is 0 Å². The summed E-state index contributed by atoms with van der Waals surface area (Å²) >= 11 is 0. The first-order chi connectivity index (χ1) is 8.66. The molecule has 0 fully saturated rings. The van der Waals surface area contributed by atoms with Gasteiger partial charge < -0.3 is 14.6 Å². The first-order valence-electron chi connectivity index (χ1n) is 6.64. The van der Waals surface area contributed by atoms with Gasteiger partial charge in [0.25, 0.3) is 0 Å². The van der Waals surface area contributed by atoms with Crippen LogP contribution in [0.25, 0.3) is 10.9 Å². The number of fused-ring (bicyclic) bond motifs is 3. The van der Waals surface area contributed by atoms with E-state index in [0.717, 1.165) is 25.3 Å². The largest absolute Gasteiger partial charge is 0.491 e. The van der Waals surface area contributed by atoms with E-state index in [1.54, 1.807) is 0 Å². The lowest BCUT2D eigenvalue weighted by Gasteiger charge is -2.14. The van der Waals surface area contributed by atoms with E-state index in [9.17, 15) is 0 Å². The summed E-state index contributed by atoms with van der Waals surface area (Å²) in [5, 5.41) is 4.78. The Morgan fingerprint density at radius 3 is 2.94 bits per heavy atom. The molecule has 96 valence electrons. The fourth-order valence-electron chi connectivity index (χ4n) is 2.83. The molecule has 2 aromatic rings. The molecule has 0 unspecified atom stereocenters. The van der Waals surface area contributed by atoms with Gasteiger partial charge in [0, 0.05) is 43.2 Å². The molecule has 1 aromatic heterocycles. The van der Waals surface area contributed by atoms with E-state index in [4.69, 9.17) is 4.74 Å². The molecule has 3 rings (SSSR count). The number of rotatable bonds is 2. The molecule has 0 saturated carbocycles. The van der Waals surface area contributed by atoms with Crippen molar-refractivity contribution < 1.29 is 4.74 Å². The van der Waals surface area contributed by atoms with Crippen LogP contribution in [0.5, 0.6) is 5.75 Å². The Morgan fingerprint density at radius 1 is 1.33 bits per heavy atom. The topological polar surface area (TPSA) is 26.2 Å². The Balaban J connectivity index is 2.15. The maximum Gasteiger partial charge on any atom is 0.120 e. The van der Waals surface area contributed by atoms with Gasteiger partial charge in [-0.3, -0.25) is 0 Å². The van der Waals surface area contributed by atoms with Crippen molar-refractivity contribution >= 4 is 10.9 Å². The van der Waals surface area contributed by atoms with Gasteiger partial charge in [0.15, 0.2) is 0 Å². The van der Waals surface area contributed by atoms with Crippen molar-refractivity contribution in [2.75, 3.05) is 6.54 Å². The van der Waals surface area contributed by atoms with Gasteiger partial charge in [0.05, 0.1) is 6.10 Å². The van der Waals surface area contributed by atoms with Crippen LogP contribution < -0.4 is 10.1 Å². The average molecular weight is 244 g/mol. The predicted octanol–water partition coefficient (Wildman–Crippen LogP) is 2.61. The molecule has 3 nitrogen and oxygen atoms in total. The zero-order chi connectivity index (χ0) is 12.7. The summed E-state index contributed by atoms with van der Waals surface area (Å²) in [5.74, 6) is 0.969. The summed E-state index contributed by atoms with van der Waals surface area (Å²) in [6.45, 7) is 6.17. The Morgan fingerprint density at radius 2 is 2.17 bits per heavy atom. The fourth-order valence-corrected chi connectivity index (χ4v) is 2.83. The van der Waals surface area contributed by atoms with Gasteiger partial charge in [-0.25, -0.2) is 0 Å². The minimum atomic E-state index is 0.222. The van der Waals surface area contributed by atoms with Gasteiger partial charge in [-0.2, -0.15) is 0 Å². The zero-order valence-corrected chi connectivity index (χ0v) is 11.3. The van der Waals surface area contributed by atoms with Crippen molar-refractivity contribution in [2.45, 2.75) is 32.9 Å². The lowest BCUT2D eigenvalue weighted by Crippen LogP contribution is -2.24. The maximum absolute atomic E-state index is 5.79. The van der Waals surface area contributed by atoms with Crippen LogP contribution in [0.4, 0.5) is 0 Å². The molecule has 1 aromatic carbocycles. The van der Waals surface area contributed by atoms with E-state index in [0.29, 0.717) is 0 Å². The summed E-state index contributed by atoms with van der Waals surface area (Å²) in [5.41, 5.74) is 4.21. The van der Waals surface area contributed by atoms with Gasteiger partial charge in [-0.1, -0.05) is 0 Å². The van der Waals surface area contributed by atoms with Gasteiger partial charge in [0.2, 0.25) is 0 Å². The molecule has 0 spiro atoms. The Labute approximate surface area is 108 Å². The molecule has 0 saturated heterocycles. The van der Waals surface area contributed by atoms with Crippen molar-refractivity contribution in [1.29, 1.82) is 0 Å². The predicted molar refractivity (Wildman–Crippen MR) is 74.1 cm³/mol. The minimum absolute atomic E-state index is 0.222. The molecule has 1 aliphatic heterocycles. The van der Waals surface area contributed by atoms with Crippen LogP contribution in [0.15, 0.2) is 18.2 Å². The highest BCUT2D eigenvalue weighted by Gasteiger charge is 2.18. The van der Waals surface area contributed by atoms with Crippen molar-refractivity contribution in [3.8, 4) is 5.75 Å².